The first-order valence-corrected chi connectivity index (χ1v) is 12.9. The molecular weight excluding hydrogens is 500 g/mol. The molecule has 5 aromatic rings. The Hall–Kier alpha value is -4.08. The van der Waals surface area contributed by atoms with E-state index < -0.39 is 5.60 Å². The zero-order valence-electron chi connectivity index (χ0n) is 21.2. The van der Waals surface area contributed by atoms with E-state index in [0.717, 1.165) is 53.1 Å². The van der Waals surface area contributed by atoms with E-state index in [1.54, 1.807) is 37.8 Å². The Morgan fingerprint density at radius 2 is 1.76 bits per heavy atom. The lowest BCUT2D eigenvalue weighted by Gasteiger charge is -2.27. The predicted octanol–water partition coefficient (Wildman–Crippen LogP) is 4.61. The quantitative estimate of drug-likeness (QED) is 0.345. The lowest BCUT2D eigenvalue weighted by molar-refractivity contribution is 0.101. The first-order chi connectivity index (χ1) is 18.4. The summed E-state index contributed by atoms with van der Waals surface area (Å²) in [5.41, 5.74) is 4.28. The molecule has 0 saturated heterocycles. The van der Waals surface area contributed by atoms with Crippen LogP contribution in [-0.2, 0) is 12.1 Å². The van der Waals surface area contributed by atoms with Crippen molar-refractivity contribution in [1.29, 1.82) is 0 Å². The van der Waals surface area contributed by atoms with Crippen molar-refractivity contribution in [3.8, 4) is 11.1 Å². The van der Waals surface area contributed by atoms with Crippen molar-refractivity contribution in [2.75, 3.05) is 18.0 Å². The monoisotopic (exact) mass is 526 g/mol. The Balaban J connectivity index is 1.21. The third kappa shape index (κ3) is 4.44. The second-order valence-corrected chi connectivity index (χ2v) is 9.96. The van der Waals surface area contributed by atoms with Crippen LogP contribution < -0.4 is 4.90 Å². The van der Waals surface area contributed by atoms with E-state index in [-0.39, 0.29) is 0 Å². The molecule has 1 unspecified atom stereocenters. The fourth-order valence-electron chi connectivity index (χ4n) is 4.75. The number of hydrogen-bond acceptors (Lipinski definition) is 7. The summed E-state index contributed by atoms with van der Waals surface area (Å²) < 4.78 is 3.78. The van der Waals surface area contributed by atoms with Gasteiger partial charge in [0.1, 0.15) is 17.4 Å². The highest BCUT2D eigenvalue weighted by atomic mass is 35.5. The molecule has 0 radical (unpaired) electrons. The number of halogens is 1. The van der Waals surface area contributed by atoms with E-state index in [9.17, 15) is 5.11 Å². The normalized spacial score (nSPS) is 15.5. The third-order valence-corrected chi connectivity index (χ3v) is 7.34. The molecule has 38 heavy (non-hydrogen) atoms. The maximum Gasteiger partial charge on any atom is 0.156 e. The maximum atomic E-state index is 11.1. The molecule has 1 atom stereocenters. The van der Waals surface area contributed by atoms with Crippen LogP contribution in [0.4, 0.5) is 5.82 Å². The largest absolute Gasteiger partial charge is 0.381 e. The van der Waals surface area contributed by atoms with Gasteiger partial charge < -0.3 is 10.0 Å². The van der Waals surface area contributed by atoms with Crippen LogP contribution in [0, 0.1) is 0 Å². The van der Waals surface area contributed by atoms with Gasteiger partial charge in [0.2, 0.25) is 0 Å². The number of aryl methyl sites for hydroxylation is 1. The van der Waals surface area contributed by atoms with Gasteiger partial charge in [0.25, 0.3) is 0 Å². The Labute approximate surface area is 225 Å². The molecule has 10 heteroatoms. The summed E-state index contributed by atoms with van der Waals surface area (Å²) in [6, 6.07) is 9.26. The number of benzene rings is 1. The lowest BCUT2D eigenvalue weighted by Crippen LogP contribution is -2.30. The summed E-state index contributed by atoms with van der Waals surface area (Å²) in [7, 11) is 0. The van der Waals surface area contributed by atoms with Gasteiger partial charge in [-0.2, -0.15) is 10.2 Å². The van der Waals surface area contributed by atoms with Crippen LogP contribution in [0.25, 0.3) is 22.2 Å². The van der Waals surface area contributed by atoms with Gasteiger partial charge in [0.05, 0.1) is 6.20 Å². The minimum atomic E-state index is -1.22. The van der Waals surface area contributed by atoms with Crippen molar-refractivity contribution in [1.82, 2.24) is 34.3 Å². The maximum absolute atomic E-state index is 11.1. The molecule has 5 heterocycles. The zero-order chi connectivity index (χ0) is 26.3. The summed E-state index contributed by atoms with van der Waals surface area (Å²) in [5, 5.41) is 20.6. The Kier molecular flexibility index (Phi) is 6.17. The zero-order valence-corrected chi connectivity index (χ0v) is 21.9. The summed E-state index contributed by atoms with van der Waals surface area (Å²) in [6.45, 7) is 6.09. The SMILES string of the molecule is CCn1cc(-c2cc3c(N4CC=C(c5ncc(C(C)(O)c6ccc(Cl)cc6)cn5)CC4)ncnn3c2)cn1. The van der Waals surface area contributed by atoms with Gasteiger partial charge in [-0.25, -0.2) is 19.5 Å². The lowest BCUT2D eigenvalue weighted by atomic mass is 9.90. The average molecular weight is 527 g/mol. The van der Waals surface area contributed by atoms with Gasteiger partial charge >= 0.3 is 0 Å². The van der Waals surface area contributed by atoms with Crippen molar-refractivity contribution in [2.45, 2.75) is 32.4 Å². The van der Waals surface area contributed by atoms with Crippen molar-refractivity contribution >= 4 is 28.5 Å². The van der Waals surface area contributed by atoms with E-state index in [0.29, 0.717) is 23.0 Å². The number of rotatable bonds is 6. The molecule has 9 nitrogen and oxygen atoms in total. The highest BCUT2D eigenvalue weighted by Crippen LogP contribution is 2.31. The molecule has 6 rings (SSSR count). The molecule has 4 aromatic heterocycles. The summed E-state index contributed by atoms with van der Waals surface area (Å²) in [5.74, 6) is 1.56. The summed E-state index contributed by atoms with van der Waals surface area (Å²) in [6.07, 6.45) is 13.8. The van der Waals surface area contributed by atoms with E-state index in [1.807, 2.05) is 39.9 Å². The molecule has 1 aliphatic heterocycles. The highest BCUT2D eigenvalue weighted by Gasteiger charge is 2.27. The number of hydrogen-bond donors (Lipinski definition) is 1. The molecule has 0 fully saturated rings. The Morgan fingerprint density at radius 1 is 0.974 bits per heavy atom. The molecule has 0 amide bonds. The fraction of sp³-hybridized carbons (Fsp3) is 0.250. The summed E-state index contributed by atoms with van der Waals surface area (Å²) in [4.78, 5) is 16.0. The van der Waals surface area contributed by atoms with Crippen LogP contribution in [0.3, 0.4) is 0 Å². The molecule has 0 saturated carbocycles. The van der Waals surface area contributed by atoms with Gasteiger partial charge in [-0.3, -0.25) is 4.68 Å². The first-order valence-electron chi connectivity index (χ1n) is 12.5. The standard InChI is InChI=1S/C28H27ClN8O/c1-3-36-16-21(13-33-36)20-12-25-27(32-18-34-37(25)17-20)35-10-8-19(9-11-35)26-30-14-23(15-31-26)28(2,38)22-4-6-24(29)7-5-22/h4-8,12-18,38H,3,9-11H2,1-2H3. The molecule has 1 aromatic carbocycles. The van der Waals surface area contributed by atoms with Crippen LogP contribution in [0.1, 0.15) is 37.2 Å². The number of nitrogens with zero attached hydrogens (tertiary/aromatic N) is 8. The highest BCUT2D eigenvalue weighted by molar-refractivity contribution is 6.30. The third-order valence-electron chi connectivity index (χ3n) is 7.09. The smallest absolute Gasteiger partial charge is 0.156 e. The fourth-order valence-corrected chi connectivity index (χ4v) is 4.88. The Morgan fingerprint density at radius 3 is 2.45 bits per heavy atom. The van der Waals surface area contributed by atoms with Crippen molar-refractivity contribution in [3.05, 3.63) is 95.7 Å². The van der Waals surface area contributed by atoms with Crippen LogP contribution in [0.15, 0.2) is 73.7 Å². The van der Waals surface area contributed by atoms with Crippen LogP contribution in [-0.4, -0.2) is 52.5 Å². The van der Waals surface area contributed by atoms with E-state index in [4.69, 9.17) is 11.6 Å². The first kappa shape index (κ1) is 24.3. The van der Waals surface area contributed by atoms with Gasteiger partial charge in [-0.15, -0.1) is 0 Å². The predicted molar refractivity (Wildman–Crippen MR) is 147 cm³/mol. The Bertz CT molecular complexity index is 1620. The van der Waals surface area contributed by atoms with Gasteiger partial charge in [-0.05, 0) is 49.6 Å². The van der Waals surface area contributed by atoms with Gasteiger partial charge in [0.15, 0.2) is 11.6 Å². The number of fused-ring (bicyclic) bond motifs is 1. The average Bonchev–Trinajstić information content (AvgIpc) is 3.61. The van der Waals surface area contributed by atoms with Crippen molar-refractivity contribution in [3.63, 3.8) is 0 Å². The molecule has 192 valence electrons. The van der Waals surface area contributed by atoms with Crippen molar-refractivity contribution in [2.24, 2.45) is 0 Å². The minimum absolute atomic E-state index is 0.624. The van der Waals surface area contributed by atoms with Crippen molar-refractivity contribution < 1.29 is 5.11 Å². The topological polar surface area (TPSA) is 97.3 Å². The second kappa shape index (κ2) is 9.66. The molecule has 1 N–H and O–H groups in total. The molecule has 0 bridgehead atoms. The van der Waals surface area contributed by atoms with E-state index in [2.05, 4.69) is 49.1 Å². The molecule has 0 spiro atoms. The van der Waals surface area contributed by atoms with E-state index in [1.165, 1.54) is 0 Å². The van der Waals surface area contributed by atoms with Crippen LogP contribution in [0.5, 0.6) is 0 Å². The molecular formula is C28H27ClN8O. The number of anilines is 1. The van der Waals surface area contributed by atoms with Crippen LogP contribution in [0.2, 0.25) is 5.02 Å². The van der Waals surface area contributed by atoms with E-state index >= 15 is 0 Å². The molecule has 1 aliphatic rings. The molecule has 0 aliphatic carbocycles. The second-order valence-electron chi connectivity index (χ2n) is 9.53. The number of aromatic nitrogens is 7. The van der Waals surface area contributed by atoms with Gasteiger partial charge in [0, 0.05) is 66.1 Å². The number of aliphatic hydroxyl groups is 1. The van der Waals surface area contributed by atoms with Crippen LogP contribution >= 0.6 is 11.6 Å². The minimum Gasteiger partial charge on any atom is -0.381 e. The summed E-state index contributed by atoms with van der Waals surface area (Å²) >= 11 is 6.00. The van der Waals surface area contributed by atoms with Gasteiger partial charge in [-0.1, -0.05) is 29.8 Å².